The molecular formula is C9H16N4O2. The Morgan fingerprint density at radius 3 is 3.13 bits per heavy atom. The fraction of sp³-hybridized carbons (Fsp3) is 0.667. The number of hydrogen-bond acceptors (Lipinski definition) is 5. The van der Waals surface area contributed by atoms with E-state index < -0.39 is 0 Å². The Balaban J connectivity index is 2.19. The van der Waals surface area contributed by atoms with Crippen LogP contribution in [0.1, 0.15) is 32.0 Å². The molecule has 1 unspecified atom stereocenters. The molecule has 0 aliphatic heterocycles. The highest BCUT2D eigenvalue weighted by Gasteiger charge is 2.09. The van der Waals surface area contributed by atoms with Crippen molar-refractivity contribution in [3.05, 3.63) is 12.2 Å². The van der Waals surface area contributed by atoms with E-state index >= 15 is 0 Å². The summed E-state index contributed by atoms with van der Waals surface area (Å²) < 4.78 is 4.53. The molecule has 1 aromatic heterocycles. The van der Waals surface area contributed by atoms with Gasteiger partial charge in [0.25, 0.3) is 0 Å². The monoisotopic (exact) mass is 212 g/mol. The lowest BCUT2D eigenvalue weighted by molar-refractivity contribution is -0.121. The molecule has 0 aliphatic carbocycles. The number of amides is 1. The quantitative estimate of drug-likeness (QED) is 0.702. The summed E-state index contributed by atoms with van der Waals surface area (Å²) in [5.74, 6) is 0.383. The van der Waals surface area contributed by atoms with Crippen molar-refractivity contribution in [2.24, 2.45) is 5.73 Å². The topological polar surface area (TPSA) is 94.0 Å². The van der Waals surface area contributed by atoms with Crippen LogP contribution in [0.3, 0.4) is 0 Å². The first-order valence-electron chi connectivity index (χ1n) is 5.00. The van der Waals surface area contributed by atoms with Gasteiger partial charge in [-0.05, 0) is 6.42 Å². The van der Waals surface area contributed by atoms with E-state index in [0.29, 0.717) is 12.2 Å². The third kappa shape index (κ3) is 4.55. The molecule has 1 rings (SSSR count). The lowest BCUT2D eigenvalue weighted by Gasteiger charge is -2.09. The Hall–Kier alpha value is -1.43. The maximum absolute atomic E-state index is 11.3. The van der Waals surface area contributed by atoms with Crippen LogP contribution in [-0.2, 0) is 11.3 Å². The first-order valence-corrected chi connectivity index (χ1v) is 5.00. The van der Waals surface area contributed by atoms with Gasteiger partial charge in [0.15, 0.2) is 5.82 Å². The van der Waals surface area contributed by atoms with Crippen LogP contribution in [0.15, 0.2) is 10.9 Å². The lowest BCUT2D eigenvalue weighted by atomic mass is 10.1. The second-order valence-electron chi connectivity index (χ2n) is 3.38. The lowest BCUT2D eigenvalue weighted by Crippen LogP contribution is -2.31. The third-order valence-corrected chi connectivity index (χ3v) is 1.96. The van der Waals surface area contributed by atoms with Crippen molar-refractivity contribution in [2.45, 2.75) is 38.8 Å². The molecule has 1 heterocycles. The second kappa shape index (κ2) is 6.13. The molecule has 1 aromatic rings. The number of hydrogen-bond donors (Lipinski definition) is 2. The number of nitrogens with one attached hydrogen (secondary N) is 1. The van der Waals surface area contributed by atoms with Gasteiger partial charge in [-0.1, -0.05) is 18.5 Å². The summed E-state index contributed by atoms with van der Waals surface area (Å²) in [5.41, 5.74) is 5.72. The van der Waals surface area contributed by atoms with Crippen molar-refractivity contribution < 1.29 is 9.32 Å². The van der Waals surface area contributed by atoms with Crippen molar-refractivity contribution in [1.82, 2.24) is 15.5 Å². The van der Waals surface area contributed by atoms with Crippen molar-refractivity contribution in [2.75, 3.05) is 0 Å². The Morgan fingerprint density at radius 2 is 2.53 bits per heavy atom. The average Bonchev–Trinajstić information content (AvgIpc) is 2.67. The first kappa shape index (κ1) is 11.6. The Morgan fingerprint density at radius 1 is 1.73 bits per heavy atom. The molecule has 0 spiro atoms. The van der Waals surface area contributed by atoms with Gasteiger partial charge in [-0.3, -0.25) is 4.79 Å². The Labute approximate surface area is 88.2 Å². The summed E-state index contributed by atoms with van der Waals surface area (Å²) in [6.45, 7) is 2.32. The highest BCUT2D eigenvalue weighted by atomic mass is 16.5. The van der Waals surface area contributed by atoms with Crippen LogP contribution >= 0.6 is 0 Å². The fourth-order valence-corrected chi connectivity index (χ4v) is 1.23. The van der Waals surface area contributed by atoms with Crippen LogP contribution in [-0.4, -0.2) is 22.1 Å². The molecule has 0 radical (unpaired) electrons. The molecule has 3 N–H and O–H groups in total. The Bertz CT molecular complexity index is 286. The summed E-state index contributed by atoms with van der Waals surface area (Å²) in [6.07, 6.45) is 3.41. The molecule has 0 aliphatic rings. The third-order valence-electron chi connectivity index (χ3n) is 1.96. The zero-order valence-electron chi connectivity index (χ0n) is 8.77. The van der Waals surface area contributed by atoms with E-state index in [1.807, 2.05) is 6.92 Å². The average molecular weight is 212 g/mol. The minimum atomic E-state index is -0.0826. The normalized spacial score (nSPS) is 12.4. The number of rotatable bonds is 6. The molecule has 1 atom stereocenters. The van der Waals surface area contributed by atoms with Crippen LogP contribution in [0.4, 0.5) is 0 Å². The molecule has 0 saturated carbocycles. The van der Waals surface area contributed by atoms with E-state index in [0.717, 1.165) is 12.8 Å². The van der Waals surface area contributed by atoms with Gasteiger partial charge < -0.3 is 15.6 Å². The molecule has 0 aromatic carbocycles. The summed E-state index contributed by atoms with van der Waals surface area (Å²) in [6, 6.07) is -0.0692. The van der Waals surface area contributed by atoms with E-state index in [-0.39, 0.29) is 18.5 Å². The van der Waals surface area contributed by atoms with Gasteiger partial charge in [0.2, 0.25) is 12.3 Å². The number of carbonyl (C=O) groups excluding carboxylic acids is 1. The van der Waals surface area contributed by atoms with Crippen LogP contribution < -0.4 is 11.1 Å². The first-order chi connectivity index (χ1) is 7.22. The largest absolute Gasteiger partial charge is 0.349 e. The van der Waals surface area contributed by atoms with E-state index in [1.165, 1.54) is 6.39 Å². The Kier molecular flexibility index (Phi) is 4.76. The maximum atomic E-state index is 11.3. The summed E-state index contributed by atoms with van der Waals surface area (Å²) >= 11 is 0. The van der Waals surface area contributed by atoms with Gasteiger partial charge in [-0.2, -0.15) is 4.98 Å². The number of nitrogens with zero attached hydrogens (tertiary/aromatic N) is 2. The van der Waals surface area contributed by atoms with Crippen LogP contribution in [0.25, 0.3) is 0 Å². The SMILES string of the molecule is CCCC(N)CC(=O)NCc1ncon1. The molecule has 6 heteroatoms. The molecule has 0 bridgehead atoms. The minimum Gasteiger partial charge on any atom is -0.349 e. The van der Waals surface area contributed by atoms with Crippen LogP contribution in [0.5, 0.6) is 0 Å². The van der Waals surface area contributed by atoms with Gasteiger partial charge in [0, 0.05) is 12.5 Å². The fourth-order valence-electron chi connectivity index (χ4n) is 1.23. The van der Waals surface area contributed by atoms with Crippen LogP contribution in [0, 0.1) is 0 Å². The van der Waals surface area contributed by atoms with Gasteiger partial charge >= 0.3 is 0 Å². The molecule has 15 heavy (non-hydrogen) atoms. The van der Waals surface area contributed by atoms with E-state index in [2.05, 4.69) is 20.0 Å². The van der Waals surface area contributed by atoms with Crippen molar-refractivity contribution in [3.63, 3.8) is 0 Å². The van der Waals surface area contributed by atoms with Gasteiger partial charge in [-0.25, -0.2) is 0 Å². The zero-order valence-corrected chi connectivity index (χ0v) is 8.77. The summed E-state index contributed by atoms with van der Waals surface area (Å²) in [7, 11) is 0. The molecule has 1 amide bonds. The summed E-state index contributed by atoms with van der Waals surface area (Å²) in [4.78, 5) is 15.1. The van der Waals surface area contributed by atoms with E-state index in [4.69, 9.17) is 5.73 Å². The van der Waals surface area contributed by atoms with Crippen molar-refractivity contribution in [3.8, 4) is 0 Å². The molecule has 6 nitrogen and oxygen atoms in total. The van der Waals surface area contributed by atoms with Gasteiger partial charge in [0.1, 0.15) is 0 Å². The molecule has 0 saturated heterocycles. The van der Waals surface area contributed by atoms with Crippen molar-refractivity contribution >= 4 is 5.91 Å². The van der Waals surface area contributed by atoms with Gasteiger partial charge in [0.05, 0.1) is 6.54 Å². The minimum absolute atomic E-state index is 0.0692. The highest BCUT2D eigenvalue weighted by molar-refractivity contribution is 5.76. The van der Waals surface area contributed by atoms with Crippen molar-refractivity contribution in [1.29, 1.82) is 0 Å². The maximum Gasteiger partial charge on any atom is 0.221 e. The smallest absolute Gasteiger partial charge is 0.221 e. The summed E-state index contributed by atoms with van der Waals surface area (Å²) in [5, 5.41) is 6.24. The number of nitrogens with two attached hydrogens (primary N) is 1. The predicted molar refractivity (Wildman–Crippen MR) is 53.6 cm³/mol. The van der Waals surface area contributed by atoms with E-state index in [1.54, 1.807) is 0 Å². The standard InChI is InChI=1S/C9H16N4O2/c1-2-3-7(10)4-9(14)11-5-8-12-6-15-13-8/h6-7H,2-5,10H2,1H3,(H,11,14). The highest BCUT2D eigenvalue weighted by Crippen LogP contribution is 1.98. The molecular weight excluding hydrogens is 196 g/mol. The second-order valence-corrected chi connectivity index (χ2v) is 3.38. The van der Waals surface area contributed by atoms with Gasteiger partial charge in [-0.15, -0.1) is 0 Å². The van der Waals surface area contributed by atoms with E-state index in [9.17, 15) is 4.79 Å². The predicted octanol–water partition coefficient (Wildman–Crippen LogP) is 0.203. The van der Waals surface area contributed by atoms with Crippen LogP contribution in [0.2, 0.25) is 0 Å². The molecule has 0 fully saturated rings. The number of carbonyl (C=O) groups is 1. The zero-order chi connectivity index (χ0) is 11.1. The molecule has 84 valence electrons. The number of aromatic nitrogens is 2.